The lowest BCUT2D eigenvalue weighted by Gasteiger charge is -2.28. The summed E-state index contributed by atoms with van der Waals surface area (Å²) in [6.07, 6.45) is 1.30. The van der Waals surface area contributed by atoms with E-state index in [0.717, 1.165) is 37.6 Å². The van der Waals surface area contributed by atoms with E-state index in [2.05, 4.69) is 48.3 Å². The summed E-state index contributed by atoms with van der Waals surface area (Å²) in [5, 5.41) is 10.9. The number of halogens is 1. The Bertz CT molecular complexity index is 740. The zero-order valence-electron chi connectivity index (χ0n) is 21.7. The number of aromatic nitrogens is 2. The molecule has 0 aliphatic heterocycles. The zero-order chi connectivity index (χ0) is 23.8. The van der Waals surface area contributed by atoms with Gasteiger partial charge in [-0.25, -0.2) is 4.79 Å². The van der Waals surface area contributed by atoms with E-state index in [-0.39, 0.29) is 36.1 Å². The second-order valence-corrected chi connectivity index (χ2v) is 9.47. The monoisotopic (exact) mass is 564 g/mol. The highest BCUT2D eigenvalue weighted by molar-refractivity contribution is 14.0. The van der Waals surface area contributed by atoms with Crippen LogP contribution in [-0.2, 0) is 18.2 Å². The normalized spacial score (nSPS) is 12.9. The van der Waals surface area contributed by atoms with Crippen LogP contribution in [0.4, 0.5) is 4.79 Å². The van der Waals surface area contributed by atoms with Gasteiger partial charge >= 0.3 is 6.09 Å². The van der Waals surface area contributed by atoms with Crippen LogP contribution in [0.15, 0.2) is 4.99 Å². The van der Waals surface area contributed by atoms with Gasteiger partial charge in [-0.1, -0.05) is 13.8 Å². The molecule has 1 aromatic heterocycles. The molecule has 0 aliphatic rings. The molecule has 0 aliphatic carbocycles. The van der Waals surface area contributed by atoms with Crippen LogP contribution in [0.5, 0.6) is 0 Å². The van der Waals surface area contributed by atoms with E-state index in [1.54, 1.807) is 0 Å². The number of amides is 1. The minimum Gasteiger partial charge on any atom is -0.444 e. The zero-order valence-corrected chi connectivity index (χ0v) is 24.0. The van der Waals surface area contributed by atoms with Gasteiger partial charge in [0.15, 0.2) is 5.96 Å². The number of alkyl carbamates (subject to hydrolysis) is 1. The number of hydrogen-bond acceptors (Lipinski definition) is 4. The lowest BCUT2D eigenvalue weighted by Crippen LogP contribution is -2.45. The summed E-state index contributed by atoms with van der Waals surface area (Å²) in [7, 11) is 4.01. The first kappa shape index (κ1) is 30.5. The summed E-state index contributed by atoms with van der Waals surface area (Å²) in [6.45, 7) is 18.3. The molecule has 0 radical (unpaired) electrons. The van der Waals surface area contributed by atoms with E-state index < -0.39 is 5.60 Å². The third-order valence-corrected chi connectivity index (χ3v) is 5.26. The van der Waals surface area contributed by atoms with Gasteiger partial charge in [0.05, 0.1) is 5.69 Å². The SMILES string of the molecule is CCNC(=NCCc1c(C)nn(C)c1C)N(C)CCC(NC(=O)OC(C)(C)C)C(C)C.I. The van der Waals surface area contributed by atoms with Crippen molar-refractivity contribution >= 4 is 36.0 Å². The van der Waals surface area contributed by atoms with Gasteiger partial charge in [-0.05, 0) is 65.9 Å². The highest BCUT2D eigenvalue weighted by atomic mass is 127. The van der Waals surface area contributed by atoms with Crippen molar-refractivity contribution in [2.24, 2.45) is 18.0 Å². The van der Waals surface area contributed by atoms with Crippen molar-refractivity contribution < 1.29 is 9.53 Å². The van der Waals surface area contributed by atoms with Crippen LogP contribution in [0.1, 0.15) is 64.9 Å². The van der Waals surface area contributed by atoms with Crippen LogP contribution in [0.2, 0.25) is 0 Å². The smallest absolute Gasteiger partial charge is 0.407 e. The number of aliphatic imine (C=N–C) groups is 1. The maximum atomic E-state index is 12.2. The fraction of sp³-hybridized carbons (Fsp3) is 0.783. The summed E-state index contributed by atoms with van der Waals surface area (Å²) in [4.78, 5) is 19.1. The summed E-state index contributed by atoms with van der Waals surface area (Å²) in [6, 6.07) is 0.0286. The minimum atomic E-state index is -0.502. The fourth-order valence-electron chi connectivity index (χ4n) is 3.39. The molecule has 0 aromatic carbocycles. The van der Waals surface area contributed by atoms with Crippen LogP contribution >= 0.6 is 24.0 Å². The summed E-state index contributed by atoms with van der Waals surface area (Å²) < 4.78 is 7.35. The van der Waals surface area contributed by atoms with Crippen LogP contribution in [0, 0.1) is 19.8 Å². The standard InChI is InChI=1S/C23H44N6O2.HI/c1-11-24-21(25-14-12-19-17(4)27-29(10)18(19)5)28(9)15-13-20(16(2)3)26-22(30)31-23(6,7)8;/h16,20H,11-15H2,1-10H3,(H,24,25)(H,26,30);1H. The van der Waals surface area contributed by atoms with Crippen molar-refractivity contribution in [2.45, 2.75) is 79.9 Å². The molecule has 0 bridgehead atoms. The predicted octanol–water partition coefficient (Wildman–Crippen LogP) is 4.03. The number of ether oxygens (including phenoxy) is 1. The molecule has 1 rings (SSSR count). The van der Waals surface area contributed by atoms with Crippen LogP contribution in [0.3, 0.4) is 0 Å². The van der Waals surface area contributed by atoms with Gasteiger partial charge in [0.1, 0.15) is 5.60 Å². The molecule has 0 spiro atoms. The van der Waals surface area contributed by atoms with Gasteiger partial charge in [-0.3, -0.25) is 9.67 Å². The van der Waals surface area contributed by atoms with Crippen molar-refractivity contribution in [3.05, 3.63) is 17.0 Å². The second-order valence-electron chi connectivity index (χ2n) is 9.47. The lowest BCUT2D eigenvalue weighted by atomic mass is 10.0. The van der Waals surface area contributed by atoms with Crippen LogP contribution in [0.25, 0.3) is 0 Å². The van der Waals surface area contributed by atoms with Gasteiger partial charge in [-0.2, -0.15) is 5.10 Å². The summed E-state index contributed by atoms with van der Waals surface area (Å²) >= 11 is 0. The summed E-state index contributed by atoms with van der Waals surface area (Å²) in [5.41, 5.74) is 3.03. The third kappa shape index (κ3) is 10.4. The Labute approximate surface area is 212 Å². The van der Waals surface area contributed by atoms with E-state index in [1.807, 2.05) is 46.5 Å². The van der Waals surface area contributed by atoms with Gasteiger partial charge < -0.3 is 20.3 Å². The first-order valence-electron chi connectivity index (χ1n) is 11.3. The van der Waals surface area contributed by atoms with Gasteiger partial charge in [-0.15, -0.1) is 24.0 Å². The summed E-state index contributed by atoms with van der Waals surface area (Å²) in [5.74, 6) is 1.18. The number of aryl methyl sites for hydroxylation is 2. The molecule has 186 valence electrons. The number of hydrogen-bond donors (Lipinski definition) is 2. The molecule has 32 heavy (non-hydrogen) atoms. The van der Waals surface area contributed by atoms with Gasteiger partial charge in [0.2, 0.25) is 0 Å². The van der Waals surface area contributed by atoms with E-state index >= 15 is 0 Å². The van der Waals surface area contributed by atoms with E-state index in [9.17, 15) is 4.79 Å². The average molecular weight is 565 g/mol. The third-order valence-electron chi connectivity index (χ3n) is 5.26. The van der Waals surface area contributed by atoms with Crippen molar-refractivity contribution in [3.8, 4) is 0 Å². The van der Waals surface area contributed by atoms with Crippen LogP contribution in [-0.4, -0.2) is 65.1 Å². The Morgan fingerprint density at radius 3 is 2.38 bits per heavy atom. The van der Waals surface area contributed by atoms with Crippen molar-refractivity contribution in [3.63, 3.8) is 0 Å². The number of guanidine groups is 1. The van der Waals surface area contributed by atoms with Crippen molar-refractivity contribution in [1.29, 1.82) is 0 Å². The molecule has 8 nitrogen and oxygen atoms in total. The highest BCUT2D eigenvalue weighted by Crippen LogP contribution is 2.13. The molecular weight excluding hydrogens is 519 g/mol. The fourth-order valence-corrected chi connectivity index (χ4v) is 3.39. The molecule has 2 N–H and O–H groups in total. The minimum absolute atomic E-state index is 0. The topological polar surface area (TPSA) is 83.8 Å². The molecule has 0 saturated heterocycles. The Morgan fingerprint density at radius 2 is 1.91 bits per heavy atom. The Balaban J connectivity index is 0.00000961. The first-order chi connectivity index (χ1) is 14.4. The molecule has 0 fully saturated rings. The second kappa shape index (κ2) is 13.9. The van der Waals surface area contributed by atoms with Gasteiger partial charge in [0.25, 0.3) is 0 Å². The number of nitrogens with zero attached hydrogens (tertiary/aromatic N) is 4. The maximum Gasteiger partial charge on any atom is 0.407 e. The molecular formula is C23H45IN6O2. The number of rotatable bonds is 9. The molecule has 0 saturated carbocycles. The first-order valence-corrected chi connectivity index (χ1v) is 11.3. The van der Waals surface area contributed by atoms with Crippen LogP contribution < -0.4 is 10.6 Å². The number of carbonyl (C=O) groups is 1. The Kier molecular flexibility index (Phi) is 13.2. The van der Waals surface area contributed by atoms with Crippen molar-refractivity contribution in [1.82, 2.24) is 25.3 Å². The molecule has 1 aromatic rings. The van der Waals surface area contributed by atoms with Gasteiger partial charge in [0, 0.05) is 45.5 Å². The highest BCUT2D eigenvalue weighted by Gasteiger charge is 2.22. The van der Waals surface area contributed by atoms with E-state index in [0.29, 0.717) is 12.5 Å². The molecule has 1 atom stereocenters. The molecule has 1 heterocycles. The quantitative estimate of drug-likeness (QED) is 0.269. The largest absolute Gasteiger partial charge is 0.444 e. The number of nitrogens with one attached hydrogen (secondary N) is 2. The average Bonchev–Trinajstić information content (AvgIpc) is 2.88. The lowest BCUT2D eigenvalue weighted by molar-refractivity contribution is 0.0486. The Morgan fingerprint density at radius 1 is 1.28 bits per heavy atom. The van der Waals surface area contributed by atoms with E-state index in [1.165, 1.54) is 11.3 Å². The van der Waals surface area contributed by atoms with Crippen molar-refractivity contribution in [2.75, 3.05) is 26.7 Å². The van der Waals surface area contributed by atoms with E-state index in [4.69, 9.17) is 9.73 Å². The molecule has 1 unspecified atom stereocenters. The Hall–Kier alpha value is -1.52. The molecule has 1 amide bonds. The molecule has 9 heteroatoms. The number of carbonyl (C=O) groups excluding carboxylic acids is 1. The predicted molar refractivity (Wildman–Crippen MR) is 143 cm³/mol. The maximum absolute atomic E-state index is 12.2.